The molecule has 1 aromatic heterocycles. The number of aryl methyl sites for hydroxylation is 2. The van der Waals surface area contributed by atoms with Crippen LogP contribution in [0.4, 0.5) is 0 Å². The molecule has 0 bridgehead atoms. The van der Waals surface area contributed by atoms with E-state index in [4.69, 9.17) is 4.74 Å². The number of piperazine rings is 1. The number of phenols is 1. The van der Waals surface area contributed by atoms with Gasteiger partial charge in [-0.25, -0.2) is 0 Å². The van der Waals surface area contributed by atoms with E-state index < -0.39 is 0 Å². The lowest BCUT2D eigenvalue weighted by atomic mass is 9.99. The molecule has 6 nitrogen and oxygen atoms in total. The molecule has 0 amide bonds. The molecule has 2 aliphatic heterocycles. The number of fused-ring (bicyclic) bond motifs is 2. The number of carbonyl (C=O) groups is 1. The number of likely N-dealkylation sites (N-methyl/N-ethyl adjacent to an activating group) is 1. The molecule has 0 spiro atoms. The average Bonchev–Trinajstić information content (AvgIpc) is 3.29. The fourth-order valence-electron chi connectivity index (χ4n) is 4.85. The van der Waals surface area contributed by atoms with Crippen LogP contribution in [0.5, 0.6) is 11.5 Å². The average molecular weight is 432 g/mol. The first-order valence-electron chi connectivity index (χ1n) is 11.2. The Labute approximate surface area is 188 Å². The van der Waals surface area contributed by atoms with E-state index >= 15 is 0 Å². The zero-order valence-electron chi connectivity index (χ0n) is 18.9. The highest BCUT2D eigenvalue weighted by Gasteiger charge is 2.34. The van der Waals surface area contributed by atoms with Crippen molar-refractivity contribution in [2.45, 2.75) is 20.4 Å². The third-order valence-electron chi connectivity index (χ3n) is 6.73. The van der Waals surface area contributed by atoms with Gasteiger partial charge in [-0.3, -0.25) is 9.69 Å². The summed E-state index contributed by atoms with van der Waals surface area (Å²) in [6, 6.07) is 9.80. The molecular formula is C26H29N3O3. The first-order valence-corrected chi connectivity index (χ1v) is 11.2. The number of phenolic OH excluding ortho intramolecular Hbond substituents is 1. The van der Waals surface area contributed by atoms with Crippen molar-refractivity contribution >= 4 is 22.8 Å². The predicted molar refractivity (Wildman–Crippen MR) is 126 cm³/mol. The smallest absolute Gasteiger partial charge is 0.232 e. The Kier molecular flexibility index (Phi) is 5.27. The second-order valence-corrected chi connectivity index (χ2v) is 8.76. The lowest BCUT2D eigenvalue weighted by Crippen LogP contribution is -2.45. The van der Waals surface area contributed by atoms with E-state index in [9.17, 15) is 9.90 Å². The monoisotopic (exact) mass is 431 g/mol. The summed E-state index contributed by atoms with van der Waals surface area (Å²) in [6.07, 6.45) is 3.83. The van der Waals surface area contributed by atoms with Crippen LogP contribution in [0, 0.1) is 6.92 Å². The fourth-order valence-corrected chi connectivity index (χ4v) is 4.85. The van der Waals surface area contributed by atoms with Crippen LogP contribution in [0.15, 0.2) is 42.3 Å². The highest BCUT2D eigenvalue weighted by molar-refractivity contribution is 6.16. The molecule has 3 heterocycles. The maximum Gasteiger partial charge on any atom is 0.232 e. The number of allylic oxidation sites excluding steroid dienone is 1. The van der Waals surface area contributed by atoms with E-state index in [0.29, 0.717) is 29.2 Å². The van der Waals surface area contributed by atoms with Gasteiger partial charge in [-0.1, -0.05) is 25.1 Å². The number of benzene rings is 2. The Bertz CT molecular complexity index is 1230. The second kappa shape index (κ2) is 8.11. The summed E-state index contributed by atoms with van der Waals surface area (Å²) in [4.78, 5) is 18.0. The number of nitrogens with zero attached hydrogens (tertiary/aromatic N) is 3. The van der Waals surface area contributed by atoms with Crippen LogP contribution < -0.4 is 4.74 Å². The Morgan fingerprint density at radius 3 is 2.59 bits per heavy atom. The van der Waals surface area contributed by atoms with Crippen LogP contribution in [0.2, 0.25) is 0 Å². The number of Topliss-reactive ketones (excluding diaryl/α,β-unsaturated/α-hetero) is 1. The van der Waals surface area contributed by atoms with Crippen molar-refractivity contribution in [3.8, 4) is 11.5 Å². The zero-order chi connectivity index (χ0) is 22.4. The molecule has 2 aliphatic rings. The van der Waals surface area contributed by atoms with E-state index in [2.05, 4.69) is 22.8 Å². The maximum absolute atomic E-state index is 13.3. The highest BCUT2D eigenvalue weighted by Crippen LogP contribution is 2.42. The van der Waals surface area contributed by atoms with Crippen molar-refractivity contribution in [1.29, 1.82) is 0 Å². The van der Waals surface area contributed by atoms with Gasteiger partial charge in [0.25, 0.3) is 0 Å². The van der Waals surface area contributed by atoms with Crippen molar-refractivity contribution in [3.63, 3.8) is 0 Å². The van der Waals surface area contributed by atoms with Gasteiger partial charge in [-0.2, -0.15) is 0 Å². The number of para-hydroxylation sites is 1. The zero-order valence-corrected chi connectivity index (χ0v) is 18.9. The van der Waals surface area contributed by atoms with Crippen molar-refractivity contribution in [3.05, 3.63) is 64.5 Å². The number of ketones is 1. The van der Waals surface area contributed by atoms with Crippen LogP contribution in [0.1, 0.15) is 34.0 Å². The minimum Gasteiger partial charge on any atom is -0.507 e. The number of rotatable bonds is 4. The number of hydrogen-bond donors (Lipinski definition) is 1. The van der Waals surface area contributed by atoms with Gasteiger partial charge in [0, 0.05) is 62.4 Å². The van der Waals surface area contributed by atoms with Crippen LogP contribution in [-0.4, -0.2) is 58.0 Å². The van der Waals surface area contributed by atoms with Gasteiger partial charge in [0.1, 0.15) is 11.5 Å². The maximum atomic E-state index is 13.3. The van der Waals surface area contributed by atoms with E-state index in [-0.39, 0.29) is 11.5 Å². The minimum absolute atomic E-state index is 0.123. The van der Waals surface area contributed by atoms with Gasteiger partial charge in [0.15, 0.2) is 5.76 Å². The first-order chi connectivity index (χ1) is 15.5. The summed E-state index contributed by atoms with van der Waals surface area (Å²) in [5, 5.41) is 11.8. The molecule has 1 saturated heterocycles. The summed E-state index contributed by atoms with van der Waals surface area (Å²) in [5.41, 5.74) is 4.05. The molecule has 1 fully saturated rings. The number of ether oxygens (including phenoxy) is 1. The minimum atomic E-state index is -0.123. The summed E-state index contributed by atoms with van der Waals surface area (Å²) >= 11 is 0. The van der Waals surface area contributed by atoms with E-state index in [0.717, 1.165) is 54.8 Å². The quantitative estimate of drug-likeness (QED) is 0.634. The van der Waals surface area contributed by atoms with Crippen molar-refractivity contribution in [2.24, 2.45) is 7.05 Å². The van der Waals surface area contributed by atoms with Gasteiger partial charge < -0.3 is 19.3 Å². The summed E-state index contributed by atoms with van der Waals surface area (Å²) in [7, 11) is 2.00. The molecule has 0 aliphatic carbocycles. The Balaban J connectivity index is 1.49. The fraction of sp³-hybridized carbons (Fsp3) is 0.346. The SMILES string of the molecule is CCN1CCN(Cc2c(O)cc(C)c3c2O/C(=C\c2cn(C)c4ccccc24)C3=O)CC1. The third-order valence-corrected chi connectivity index (χ3v) is 6.73. The molecular weight excluding hydrogens is 402 g/mol. The molecule has 32 heavy (non-hydrogen) atoms. The topological polar surface area (TPSA) is 57.9 Å². The Morgan fingerprint density at radius 2 is 1.84 bits per heavy atom. The molecule has 5 rings (SSSR count). The number of carbonyl (C=O) groups excluding carboxylic acids is 1. The predicted octanol–water partition coefficient (Wildman–Crippen LogP) is 3.95. The van der Waals surface area contributed by atoms with Crippen LogP contribution >= 0.6 is 0 Å². The number of aromatic hydroxyl groups is 1. The molecule has 1 N–H and O–H groups in total. The van der Waals surface area contributed by atoms with Crippen molar-refractivity contribution < 1.29 is 14.6 Å². The van der Waals surface area contributed by atoms with E-state index in [1.807, 2.05) is 49.0 Å². The molecule has 0 saturated carbocycles. The highest BCUT2D eigenvalue weighted by atomic mass is 16.5. The van der Waals surface area contributed by atoms with Gasteiger partial charge in [0.05, 0.1) is 11.1 Å². The van der Waals surface area contributed by atoms with Crippen LogP contribution in [0.25, 0.3) is 17.0 Å². The van der Waals surface area contributed by atoms with Gasteiger partial charge >= 0.3 is 0 Å². The standard InChI is InChI=1S/C26H29N3O3/c1-4-28-9-11-29(12-10-28)16-20-22(30)13-17(2)24-25(31)23(32-26(20)24)14-18-15-27(3)21-8-6-5-7-19(18)21/h5-8,13-15,30H,4,9-12,16H2,1-3H3/b23-14-. The summed E-state index contributed by atoms with van der Waals surface area (Å²) in [6.45, 7) is 9.54. The normalized spacial score (nSPS) is 18.5. The van der Waals surface area contributed by atoms with Crippen LogP contribution in [0.3, 0.4) is 0 Å². The summed E-state index contributed by atoms with van der Waals surface area (Å²) < 4.78 is 8.21. The van der Waals surface area contributed by atoms with E-state index in [1.54, 1.807) is 6.07 Å². The first kappa shape index (κ1) is 20.8. The van der Waals surface area contributed by atoms with Crippen molar-refractivity contribution in [1.82, 2.24) is 14.4 Å². The molecule has 0 atom stereocenters. The number of aromatic nitrogens is 1. The summed E-state index contributed by atoms with van der Waals surface area (Å²) in [5.74, 6) is 0.889. The van der Waals surface area contributed by atoms with Gasteiger partial charge in [-0.05, 0) is 37.2 Å². The van der Waals surface area contributed by atoms with E-state index in [1.165, 1.54) is 0 Å². The third kappa shape index (κ3) is 3.49. The molecule has 6 heteroatoms. The van der Waals surface area contributed by atoms with Gasteiger partial charge in [-0.15, -0.1) is 0 Å². The molecule has 0 unspecified atom stereocenters. The Hall–Kier alpha value is -3.09. The lowest BCUT2D eigenvalue weighted by Gasteiger charge is -2.34. The molecule has 3 aromatic rings. The second-order valence-electron chi connectivity index (χ2n) is 8.76. The number of hydrogen-bond acceptors (Lipinski definition) is 5. The van der Waals surface area contributed by atoms with Crippen molar-refractivity contribution in [2.75, 3.05) is 32.7 Å². The lowest BCUT2D eigenvalue weighted by molar-refractivity contribution is 0.101. The largest absolute Gasteiger partial charge is 0.507 e. The van der Waals surface area contributed by atoms with Crippen LogP contribution in [-0.2, 0) is 13.6 Å². The Morgan fingerprint density at radius 1 is 1.12 bits per heavy atom. The molecule has 2 aromatic carbocycles. The molecule has 166 valence electrons. The molecule has 0 radical (unpaired) electrons. The van der Waals surface area contributed by atoms with Gasteiger partial charge in [0.2, 0.25) is 5.78 Å².